The van der Waals surface area contributed by atoms with E-state index in [0.717, 1.165) is 0 Å². The average molecular weight is 300 g/mol. The molecule has 118 valence electrons. The standard InChI is InChI=1S/C14H26B2N6/c1-5-17-6-2-10-20-13(17)19(9-1)15-21-11-3-7-18-8-4-12-22(16-20)14(18)21/h13-14H,1-12H2. The van der Waals surface area contributed by atoms with E-state index >= 15 is 0 Å². The van der Waals surface area contributed by atoms with E-state index in [2.05, 4.69) is 44.1 Å². The van der Waals surface area contributed by atoms with E-state index in [4.69, 9.17) is 0 Å². The summed E-state index contributed by atoms with van der Waals surface area (Å²) in [7, 11) is 4.94. The van der Waals surface area contributed by atoms with E-state index in [9.17, 15) is 0 Å². The first kappa shape index (κ1) is 14.3. The smallest absolute Gasteiger partial charge is 0.305 e. The summed E-state index contributed by atoms with van der Waals surface area (Å²) in [5.41, 5.74) is 0. The molecule has 5 fully saturated rings. The first-order valence-corrected chi connectivity index (χ1v) is 9.11. The van der Waals surface area contributed by atoms with Gasteiger partial charge in [0.15, 0.2) is 0 Å². The van der Waals surface area contributed by atoms with Gasteiger partial charge in [0.1, 0.15) is 12.6 Å². The quantitative estimate of drug-likeness (QED) is 0.534. The van der Waals surface area contributed by atoms with E-state index in [0.29, 0.717) is 12.6 Å². The second-order valence-corrected chi connectivity index (χ2v) is 7.36. The van der Waals surface area contributed by atoms with Crippen molar-refractivity contribution >= 4 is 15.1 Å². The minimum absolute atomic E-state index is 0.459. The van der Waals surface area contributed by atoms with Gasteiger partial charge in [-0.15, -0.1) is 0 Å². The Bertz CT molecular complexity index is 356. The summed E-state index contributed by atoms with van der Waals surface area (Å²) in [4.78, 5) is 15.8. The normalized spacial score (nSPS) is 39.1. The van der Waals surface area contributed by atoms with Crippen LogP contribution in [0.4, 0.5) is 0 Å². The van der Waals surface area contributed by atoms with E-state index in [-0.39, 0.29) is 0 Å². The third kappa shape index (κ3) is 2.27. The molecule has 0 bridgehead atoms. The number of rotatable bonds is 0. The van der Waals surface area contributed by atoms with Gasteiger partial charge in [-0.05, 0) is 51.9 Å². The lowest BCUT2D eigenvalue weighted by Gasteiger charge is -2.60. The highest BCUT2D eigenvalue weighted by atomic mass is 15.6. The van der Waals surface area contributed by atoms with Crippen LogP contribution in [-0.4, -0.2) is 109 Å². The zero-order valence-corrected chi connectivity index (χ0v) is 13.5. The molecule has 0 atom stereocenters. The van der Waals surface area contributed by atoms with Crippen LogP contribution >= 0.6 is 0 Å². The molecule has 0 aliphatic carbocycles. The van der Waals surface area contributed by atoms with Gasteiger partial charge in [-0.2, -0.15) is 0 Å². The highest BCUT2D eigenvalue weighted by Gasteiger charge is 2.46. The third-order valence-corrected chi connectivity index (χ3v) is 5.88. The predicted octanol–water partition coefficient (Wildman–Crippen LogP) is -0.938. The van der Waals surface area contributed by atoms with Gasteiger partial charge >= 0.3 is 15.1 Å². The van der Waals surface area contributed by atoms with Crippen molar-refractivity contribution in [3.8, 4) is 0 Å². The average Bonchev–Trinajstić information content (AvgIpc) is 2.54. The molecule has 5 aliphatic heterocycles. The second kappa shape index (κ2) is 5.76. The molecule has 5 aliphatic rings. The van der Waals surface area contributed by atoms with Crippen molar-refractivity contribution in [3.63, 3.8) is 0 Å². The maximum absolute atomic E-state index is 2.67. The van der Waals surface area contributed by atoms with Crippen molar-refractivity contribution in [2.75, 3.05) is 52.4 Å². The zero-order chi connectivity index (χ0) is 14.5. The van der Waals surface area contributed by atoms with Crippen LogP contribution in [0.1, 0.15) is 25.7 Å². The minimum atomic E-state index is 0.459. The number of hydrogen-bond acceptors (Lipinski definition) is 6. The maximum atomic E-state index is 2.67. The van der Waals surface area contributed by atoms with E-state index in [1.807, 2.05) is 0 Å². The molecule has 0 saturated carbocycles. The molecular weight excluding hydrogens is 274 g/mol. The molecule has 0 amide bonds. The van der Waals surface area contributed by atoms with Crippen LogP contribution in [-0.2, 0) is 0 Å². The molecule has 5 saturated heterocycles. The summed E-state index contributed by atoms with van der Waals surface area (Å²) in [6.45, 7) is 9.85. The summed E-state index contributed by atoms with van der Waals surface area (Å²) in [5, 5.41) is 0. The van der Waals surface area contributed by atoms with Crippen LogP contribution in [0.25, 0.3) is 0 Å². The Kier molecular flexibility index (Phi) is 3.73. The molecule has 0 aromatic carbocycles. The van der Waals surface area contributed by atoms with Gasteiger partial charge in [0.2, 0.25) is 0 Å². The van der Waals surface area contributed by atoms with Gasteiger partial charge in [-0.3, -0.25) is 9.80 Å². The van der Waals surface area contributed by atoms with Crippen molar-refractivity contribution in [2.45, 2.75) is 38.3 Å². The first-order chi connectivity index (χ1) is 10.9. The molecular formula is C14H26B2N6. The van der Waals surface area contributed by atoms with Crippen LogP contribution in [0.2, 0.25) is 0 Å². The monoisotopic (exact) mass is 300 g/mol. The van der Waals surface area contributed by atoms with Crippen LogP contribution in [0.3, 0.4) is 0 Å². The fourth-order valence-corrected chi connectivity index (χ4v) is 5.04. The topological polar surface area (TPSA) is 19.4 Å². The molecule has 5 rings (SSSR count). The zero-order valence-electron chi connectivity index (χ0n) is 13.5. The van der Waals surface area contributed by atoms with Gasteiger partial charge in [0.05, 0.1) is 0 Å². The largest absolute Gasteiger partial charge is 0.317 e. The van der Waals surface area contributed by atoms with E-state index in [1.54, 1.807) is 0 Å². The molecule has 0 spiro atoms. The molecule has 6 nitrogen and oxygen atoms in total. The summed E-state index contributed by atoms with van der Waals surface area (Å²) in [6, 6.07) is 0. The second-order valence-electron chi connectivity index (χ2n) is 7.36. The van der Waals surface area contributed by atoms with Crippen molar-refractivity contribution in [2.24, 2.45) is 0 Å². The molecule has 0 aromatic heterocycles. The van der Waals surface area contributed by atoms with Crippen LogP contribution in [0.5, 0.6) is 0 Å². The van der Waals surface area contributed by atoms with Crippen molar-refractivity contribution in [1.82, 2.24) is 29.0 Å². The van der Waals surface area contributed by atoms with E-state index in [1.165, 1.54) is 78.0 Å². The van der Waals surface area contributed by atoms with Crippen LogP contribution in [0.15, 0.2) is 0 Å². The number of nitrogens with zero attached hydrogens (tertiary/aromatic N) is 6. The summed E-state index contributed by atoms with van der Waals surface area (Å²) in [5.74, 6) is 0. The molecule has 5 heterocycles. The molecule has 0 N–H and O–H groups in total. The number of hydrogen-bond donors (Lipinski definition) is 0. The lowest BCUT2D eigenvalue weighted by atomic mass is 9.89. The highest BCUT2D eigenvalue weighted by molar-refractivity contribution is 6.32. The Morgan fingerprint density at radius 2 is 0.773 bits per heavy atom. The summed E-state index contributed by atoms with van der Waals surface area (Å²) in [6.07, 6.45) is 6.11. The molecule has 0 aromatic rings. The van der Waals surface area contributed by atoms with Gasteiger partial charge in [-0.25, -0.2) is 0 Å². The molecule has 22 heavy (non-hydrogen) atoms. The van der Waals surface area contributed by atoms with Gasteiger partial charge in [-0.1, -0.05) is 0 Å². The lowest BCUT2D eigenvalue weighted by molar-refractivity contribution is -0.0939. The molecule has 8 heteroatoms. The van der Waals surface area contributed by atoms with Crippen molar-refractivity contribution in [1.29, 1.82) is 0 Å². The summed E-state index contributed by atoms with van der Waals surface area (Å²) < 4.78 is 0. The molecule has 0 unspecified atom stereocenters. The highest BCUT2D eigenvalue weighted by Crippen LogP contribution is 2.29. The maximum Gasteiger partial charge on any atom is 0.317 e. The Hall–Kier alpha value is -0.110. The summed E-state index contributed by atoms with van der Waals surface area (Å²) >= 11 is 0. The lowest BCUT2D eigenvalue weighted by Crippen LogP contribution is -2.77. The van der Waals surface area contributed by atoms with Gasteiger partial charge in [0.25, 0.3) is 0 Å². The van der Waals surface area contributed by atoms with Gasteiger partial charge < -0.3 is 19.2 Å². The fraction of sp³-hybridized carbons (Fsp3) is 1.00. The Balaban J connectivity index is 1.47. The Morgan fingerprint density at radius 1 is 0.455 bits per heavy atom. The van der Waals surface area contributed by atoms with Crippen LogP contribution in [0, 0.1) is 0 Å². The van der Waals surface area contributed by atoms with E-state index < -0.39 is 0 Å². The van der Waals surface area contributed by atoms with Crippen LogP contribution < -0.4 is 0 Å². The van der Waals surface area contributed by atoms with Crippen molar-refractivity contribution < 1.29 is 0 Å². The Labute approximate surface area is 135 Å². The first-order valence-electron chi connectivity index (χ1n) is 9.11. The molecule has 2 radical (unpaired) electrons. The minimum Gasteiger partial charge on any atom is -0.305 e. The van der Waals surface area contributed by atoms with Crippen molar-refractivity contribution in [3.05, 3.63) is 0 Å². The Morgan fingerprint density at radius 3 is 1.09 bits per heavy atom. The third-order valence-electron chi connectivity index (χ3n) is 5.88. The fourth-order valence-electron chi connectivity index (χ4n) is 5.04. The SMILES string of the molecule is [B]1N2CCCN3CCCN([B]N4CCCN5CCCN1C45)C23. The van der Waals surface area contributed by atoms with Gasteiger partial charge in [0, 0.05) is 26.2 Å². The predicted molar refractivity (Wildman–Crippen MR) is 87.5 cm³/mol.